The summed E-state index contributed by atoms with van der Waals surface area (Å²) in [5.74, 6) is 0.912. The van der Waals surface area contributed by atoms with Gasteiger partial charge in [0.2, 0.25) is 0 Å². The number of hydrogen-bond acceptors (Lipinski definition) is 4. The van der Waals surface area contributed by atoms with Gasteiger partial charge in [-0.15, -0.1) is 0 Å². The van der Waals surface area contributed by atoms with Gasteiger partial charge in [-0.05, 0) is 143 Å². The van der Waals surface area contributed by atoms with Gasteiger partial charge in [0.25, 0.3) is 0 Å². The Bertz CT molecular complexity index is 3580. The topological polar surface area (TPSA) is 37.4 Å². The van der Waals surface area contributed by atoms with E-state index in [0.717, 1.165) is 84.2 Å². The van der Waals surface area contributed by atoms with E-state index in [4.69, 9.17) is 9.40 Å². The van der Waals surface area contributed by atoms with Crippen LogP contribution in [-0.2, 0) is 0 Å². The van der Waals surface area contributed by atoms with Gasteiger partial charge in [0.05, 0.1) is 11.0 Å². The average Bonchev–Trinajstić information content (AvgIpc) is 3.92. The van der Waals surface area contributed by atoms with Crippen LogP contribution >= 0.6 is 0 Å². The minimum absolute atomic E-state index is 0.885. The van der Waals surface area contributed by atoms with E-state index in [1.807, 2.05) is 24.3 Å². The van der Waals surface area contributed by atoms with E-state index >= 15 is 0 Å². The second-order valence-electron chi connectivity index (χ2n) is 15.6. The lowest BCUT2D eigenvalue weighted by Crippen LogP contribution is -2.10. The number of rotatable bonds is 8. The van der Waals surface area contributed by atoms with E-state index in [1.165, 1.54) is 21.5 Å². The number of furan rings is 1. The normalized spacial score (nSPS) is 11.5. The molecule has 0 atom stereocenters. The Morgan fingerprint density at radius 1 is 0.355 bits per heavy atom. The highest BCUT2D eigenvalue weighted by Gasteiger charge is 2.19. The maximum Gasteiger partial charge on any atom is 0.145 e. The van der Waals surface area contributed by atoms with E-state index in [1.54, 1.807) is 0 Å². The first-order chi connectivity index (χ1) is 30.7. The highest BCUT2D eigenvalue weighted by molar-refractivity contribution is 6.10. The summed E-state index contributed by atoms with van der Waals surface area (Å²) in [5.41, 5.74) is 12.5. The molecule has 12 rings (SSSR count). The van der Waals surface area contributed by atoms with Crippen molar-refractivity contribution < 1.29 is 4.42 Å². The van der Waals surface area contributed by atoms with Gasteiger partial charge in [-0.25, -0.2) is 4.98 Å². The van der Waals surface area contributed by atoms with Crippen LogP contribution in [0.4, 0.5) is 34.1 Å². The molecule has 0 N–H and O–H groups in total. The van der Waals surface area contributed by atoms with Crippen molar-refractivity contribution in [2.24, 2.45) is 0 Å². The first-order valence-electron chi connectivity index (χ1n) is 21.0. The number of anilines is 6. The minimum Gasteiger partial charge on any atom is -0.456 e. The van der Waals surface area contributed by atoms with E-state index < -0.39 is 0 Å². The average molecular weight is 795 g/mol. The summed E-state index contributed by atoms with van der Waals surface area (Å²) in [6.07, 6.45) is 0. The molecule has 0 radical (unpaired) electrons. The Morgan fingerprint density at radius 3 is 1.53 bits per heavy atom. The largest absolute Gasteiger partial charge is 0.456 e. The number of aromatic nitrogens is 2. The molecule has 5 nitrogen and oxygen atoms in total. The molecule has 2 heterocycles. The van der Waals surface area contributed by atoms with Crippen LogP contribution in [-0.4, -0.2) is 9.55 Å². The van der Waals surface area contributed by atoms with Crippen LogP contribution in [0.5, 0.6) is 0 Å². The number of para-hydroxylation sites is 6. The molecule has 0 unspecified atom stereocenters. The monoisotopic (exact) mass is 794 g/mol. The van der Waals surface area contributed by atoms with E-state index in [-0.39, 0.29) is 0 Å². The molecule has 10 aromatic carbocycles. The van der Waals surface area contributed by atoms with Crippen molar-refractivity contribution in [2.75, 3.05) is 9.80 Å². The Labute approximate surface area is 358 Å². The molecule has 0 saturated heterocycles. The van der Waals surface area contributed by atoms with Gasteiger partial charge in [0.1, 0.15) is 17.0 Å². The highest BCUT2D eigenvalue weighted by Crippen LogP contribution is 2.42. The maximum atomic E-state index is 6.19. The van der Waals surface area contributed by atoms with Crippen molar-refractivity contribution in [3.8, 4) is 17.1 Å². The summed E-state index contributed by atoms with van der Waals surface area (Å²) < 4.78 is 8.44. The standard InChI is InChI=1S/C57H38N4O/c1-4-14-42(15-5-1)59(45-28-26-39(27-29-45)57-58-53-21-11-12-22-54(53)61(57)44-18-8-3-9-19-44)46-30-33-49-40(36-46)24-25-41-37-47(31-34-50(41)49)60(43-16-6-2-7-17-43)48-32-35-56-52(38-48)51-20-10-13-23-55(51)62-56/h1-38H. The number of imidazole rings is 1. The van der Waals surface area contributed by atoms with Crippen molar-refractivity contribution >= 4 is 88.6 Å². The van der Waals surface area contributed by atoms with Gasteiger partial charge in [0, 0.05) is 56.1 Å². The molecule has 292 valence electrons. The molecule has 0 aliphatic heterocycles. The Kier molecular flexibility index (Phi) is 8.42. The molecule has 0 saturated carbocycles. The van der Waals surface area contributed by atoms with E-state index in [2.05, 4.69) is 221 Å². The molecule has 0 fully saturated rings. The molecule has 2 aromatic heterocycles. The van der Waals surface area contributed by atoms with Crippen LogP contribution in [0.25, 0.3) is 71.6 Å². The Balaban J connectivity index is 0.926. The lowest BCUT2D eigenvalue weighted by molar-refractivity contribution is 0.669. The lowest BCUT2D eigenvalue weighted by Gasteiger charge is -2.26. The fraction of sp³-hybridized carbons (Fsp3) is 0. The van der Waals surface area contributed by atoms with Crippen molar-refractivity contribution in [2.45, 2.75) is 0 Å². The fourth-order valence-corrected chi connectivity index (χ4v) is 9.04. The lowest BCUT2D eigenvalue weighted by atomic mass is 10.00. The van der Waals surface area contributed by atoms with Crippen LogP contribution in [0.1, 0.15) is 0 Å². The molecule has 0 aliphatic rings. The van der Waals surface area contributed by atoms with Crippen LogP contribution in [0.15, 0.2) is 235 Å². The molecule has 0 amide bonds. The zero-order valence-electron chi connectivity index (χ0n) is 33.6. The molecule has 5 heteroatoms. The zero-order chi connectivity index (χ0) is 41.0. The maximum absolute atomic E-state index is 6.19. The summed E-state index contributed by atoms with van der Waals surface area (Å²) in [4.78, 5) is 9.77. The predicted octanol–water partition coefficient (Wildman–Crippen LogP) is 15.8. The zero-order valence-corrected chi connectivity index (χ0v) is 33.6. The number of nitrogens with zero attached hydrogens (tertiary/aromatic N) is 4. The van der Waals surface area contributed by atoms with Gasteiger partial charge >= 0.3 is 0 Å². The van der Waals surface area contributed by atoms with E-state index in [9.17, 15) is 0 Å². The summed E-state index contributed by atoms with van der Waals surface area (Å²) in [6.45, 7) is 0. The van der Waals surface area contributed by atoms with Crippen LogP contribution in [0, 0.1) is 0 Å². The predicted molar refractivity (Wildman–Crippen MR) is 258 cm³/mol. The van der Waals surface area contributed by atoms with Gasteiger partial charge in [-0.3, -0.25) is 4.57 Å². The van der Waals surface area contributed by atoms with Gasteiger partial charge in [0.15, 0.2) is 0 Å². The Hall–Kier alpha value is -8.41. The van der Waals surface area contributed by atoms with Crippen LogP contribution in [0.3, 0.4) is 0 Å². The van der Waals surface area contributed by atoms with Gasteiger partial charge < -0.3 is 14.2 Å². The number of benzene rings is 10. The molecule has 62 heavy (non-hydrogen) atoms. The smallest absolute Gasteiger partial charge is 0.145 e. The second kappa shape index (κ2) is 14.7. The molecular formula is C57H38N4O. The third-order valence-corrected chi connectivity index (χ3v) is 11.9. The van der Waals surface area contributed by atoms with Gasteiger partial charge in [-0.1, -0.05) is 109 Å². The van der Waals surface area contributed by atoms with Crippen molar-refractivity contribution in [3.05, 3.63) is 231 Å². The van der Waals surface area contributed by atoms with E-state index in [0.29, 0.717) is 0 Å². The third kappa shape index (κ3) is 6.06. The summed E-state index contributed by atoms with van der Waals surface area (Å²) >= 11 is 0. The highest BCUT2D eigenvalue weighted by atomic mass is 16.3. The SMILES string of the molecule is c1ccc(N(c2ccc(-c3nc4ccccc4n3-c3ccccc3)cc2)c2ccc3c(ccc4cc(N(c5ccccc5)c5ccc6oc7ccccc7c6c5)ccc43)c2)cc1. The molecule has 0 bridgehead atoms. The summed E-state index contributed by atoms with van der Waals surface area (Å²) in [7, 11) is 0. The van der Waals surface area contributed by atoms with Crippen molar-refractivity contribution in [1.82, 2.24) is 9.55 Å². The number of fused-ring (bicyclic) bond motifs is 7. The quantitative estimate of drug-likeness (QED) is 0.144. The molecule has 12 aromatic rings. The Morgan fingerprint density at radius 2 is 0.855 bits per heavy atom. The molecule has 0 spiro atoms. The molecular weight excluding hydrogens is 757 g/mol. The van der Waals surface area contributed by atoms with Crippen LogP contribution in [0.2, 0.25) is 0 Å². The minimum atomic E-state index is 0.885. The first-order valence-corrected chi connectivity index (χ1v) is 21.0. The molecule has 0 aliphatic carbocycles. The van der Waals surface area contributed by atoms with Gasteiger partial charge in [-0.2, -0.15) is 0 Å². The summed E-state index contributed by atoms with van der Waals surface area (Å²) in [5, 5.41) is 6.98. The summed E-state index contributed by atoms with van der Waals surface area (Å²) in [6, 6.07) is 81.6. The first kappa shape index (κ1) is 35.5. The fourth-order valence-electron chi connectivity index (χ4n) is 9.04. The number of hydrogen-bond donors (Lipinski definition) is 0. The van der Waals surface area contributed by atoms with Crippen molar-refractivity contribution in [1.29, 1.82) is 0 Å². The third-order valence-electron chi connectivity index (χ3n) is 11.9. The second-order valence-corrected chi connectivity index (χ2v) is 15.6. The van der Waals surface area contributed by atoms with Crippen molar-refractivity contribution in [3.63, 3.8) is 0 Å². The van der Waals surface area contributed by atoms with Crippen LogP contribution < -0.4 is 9.80 Å².